The summed E-state index contributed by atoms with van der Waals surface area (Å²) < 4.78 is 0. The highest BCUT2D eigenvalue weighted by Gasteiger charge is 2.05. The first-order valence-electron chi connectivity index (χ1n) is 4.28. The molecule has 0 aliphatic heterocycles. The van der Waals surface area contributed by atoms with Crippen LogP contribution in [-0.4, -0.2) is 11.0 Å². The standard InChI is InChI=1S/C9H9N3OS2/c1-6-5-15-9(10-6)12-8(13)11-7-3-2-4-14-7/h2-5H,1H3,(H2,10,11,12,13). The quantitative estimate of drug-likeness (QED) is 0.845. The van der Waals surface area contributed by atoms with Crippen LogP contribution in [0.5, 0.6) is 0 Å². The van der Waals surface area contributed by atoms with Crippen molar-refractivity contribution in [1.29, 1.82) is 0 Å². The van der Waals surface area contributed by atoms with Gasteiger partial charge in [0.05, 0.1) is 10.7 Å². The Bertz CT molecular complexity index is 450. The number of carbonyl (C=O) groups is 1. The van der Waals surface area contributed by atoms with E-state index in [1.807, 2.05) is 29.8 Å². The molecule has 0 radical (unpaired) electrons. The summed E-state index contributed by atoms with van der Waals surface area (Å²) in [6.07, 6.45) is 0. The molecule has 0 aliphatic carbocycles. The van der Waals surface area contributed by atoms with Crippen molar-refractivity contribution in [3.8, 4) is 0 Å². The number of anilines is 2. The molecule has 2 amide bonds. The lowest BCUT2D eigenvalue weighted by Crippen LogP contribution is -2.18. The van der Waals surface area contributed by atoms with Crippen LogP contribution in [0.3, 0.4) is 0 Å². The molecule has 0 fully saturated rings. The van der Waals surface area contributed by atoms with Gasteiger partial charge in [-0.2, -0.15) is 0 Å². The second kappa shape index (κ2) is 4.41. The third-order valence-corrected chi connectivity index (χ3v) is 3.26. The number of hydrogen-bond acceptors (Lipinski definition) is 4. The lowest BCUT2D eigenvalue weighted by molar-refractivity contribution is 0.262. The predicted molar refractivity (Wildman–Crippen MR) is 63.8 cm³/mol. The smallest absolute Gasteiger partial charge is 0.299 e. The van der Waals surface area contributed by atoms with E-state index in [0.717, 1.165) is 10.7 Å². The molecule has 2 aromatic rings. The van der Waals surface area contributed by atoms with Gasteiger partial charge in [-0.25, -0.2) is 9.78 Å². The van der Waals surface area contributed by atoms with E-state index in [4.69, 9.17) is 0 Å². The summed E-state index contributed by atoms with van der Waals surface area (Å²) in [7, 11) is 0. The zero-order chi connectivity index (χ0) is 10.7. The van der Waals surface area contributed by atoms with Crippen LogP contribution in [0.1, 0.15) is 5.69 Å². The second-order valence-electron chi connectivity index (χ2n) is 2.85. The Labute approximate surface area is 95.0 Å². The molecule has 0 spiro atoms. The van der Waals surface area contributed by atoms with Gasteiger partial charge in [0, 0.05) is 5.38 Å². The van der Waals surface area contributed by atoms with E-state index < -0.39 is 0 Å². The molecule has 4 nitrogen and oxygen atoms in total. The fraction of sp³-hybridized carbons (Fsp3) is 0.111. The first-order valence-corrected chi connectivity index (χ1v) is 6.03. The molecular weight excluding hydrogens is 230 g/mol. The van der Waals surface area contributed by atoms with E-state index in [0.29, 0.717) is 5.13 Å². The van der Waals surface area contributed by atoms with Crippen LogP contribution in [0.4, 0.5) is 14.9 Å². The third kappa shape index (κ3) is 2.77. The number of urea groups is 1. The van der Waals surface area contributed by atoms with Crippen molar-refractivity contribution in [2.75, 3.05) is 10.6 Å². The molecular formula is C9H9N3OS2. The number of nitrogens with zero attached hydrogens (tertiary/aromatic N) is 1. The molecule has 0 unspecified atom stereocenters. The maximum absolute atomic E-state index is 11.4. The van der Waals surface area contributed by atoms with Crippen LogP contribution >= 0.6 is 22.7 Å². The molecule has 2 rings (SSSR count). The molecule has 2 N–H and O–H groups in total. The van der Waals surface area contributed by atoms with Gasteiger partial charge >= 0.3 is 6.03 Å². The van der Waals surface area contributed by atoms with E-state index in [9.17, 15) is 4.79 Å². The molecule has 6 heteroatoms. The van der Waals surface area contributed by atoms with Crippen molar-refractivity contribution in [2.45, 2.75) is 6.92 Å². The Kier molecular flexibility index (Phi) is 2.98. The normalized spacial score (nSPS) is 9.93. The van der Waals surface area contributed by atoms with Gasteiger partial charge in [-0.1, -0.05) is 0 Å². The lowest BCUT2D eigenvalue weighted by atomic mass is 10.6. The number of aryl methyl sites for hydroxylation is 1. The van der Waals surface area contributed by atoms with Crippen molar-refractivity contribution in [1.82, 2.24) is 4.98 Å². The summed E-state index contributed by atoms with van der Waals surface area (Å²) in [5, 5.41) is 10.6. The minimum absolute atomic E-state index is 0.258. The van der Waals surface area contributed by atoms with Crippen molar-refractivity contribution in [3.05, 3.63) is 28.6 Å². The van der Waals surface area contributed by atoms with Gasteiger partial charge in [0.2, 0.25) is 0 Å². The highest BCUT2D eigenvalue weighted by atomic mass is 32.1. The predicted octanol–water partition coefficient (Wildman–Crippen LogP) is 3.16. The molecule has 0 saturated carbocycles. The average molecular weight is 239 g/mol. The van der Waals surface area contributed by atoms with E-state index in [-0.39, 0.29) is 6.03 Å². The van der Waals surface area contributed by atoms with Crippen molar-refractivity contribution >= 4 is 38.8 Å². The third-order valence-electron chi connectivity index (χ3n) is 1.60. The molecule has 0 aliphatic rings. The van der Waals surface area contributed by atoms with Crippen molar-refractivity contribution < 1.29 is 4.79 Å². The minimum Gasteiger partial charge on any atom is -0.299 e. The molecule has 0 bridgehead atoms. The molecule has 0 saturated heterocycles. The van der Waals surface area contributed by atoms with Crippen molar-refractivity contribution in [2.24, 2.45) is 0 Å². The monoisotopic (exact) mass is 239 g/mol. The first kappa shape index (κ1) is 10.1. The molecule has 0 aromatic carbocycles. The van der Waals surface area contributed by atoms with Crippen LogP contribution in [0, 0.1) is 6.92 Å². The Hall–Kier alpha value is -1.40. The van der Waals surface area contributed by atoms with E-state index >= 15 is 0 Å². The fourth-order valence-electron chi connectivity index (χ4n) is 1.00. The number of rotatable bonds is 2. The Morgan fingerprint density at radius 1 is 1.40 bits per heavy atom. The number of amides is 2. The van der Waals surface area contributed by atoms with Gasteiger partial charge in [-0.05, 0) is 24.4 Å². The zero-order valence-corrected chi connectivity index (χ0v) is 9.61. The Balaban J connectivity index is 1.93. The van der Waals surface area contributed by atoms with Gasteiger partial charge in [-0.3, -0.25) is 10.6 Å². The fourth-order valence-corrected chi connectivity index (χ4v) is 2.30. The summed E-state index contributed by atoms with van der Waals surface area (Å²) in [4.78, 5) is 15.6. The van der Waals surface area contributed by atoms with Crippen molar-refractivity contribution in [3.63, 3.8) is 0 Å². The van der Waals surface area contributed by atoms with Gasteiger partial charge < -0.3 is 0 Å². The van der Waals surface area contributed by atoms with Crippen LogP contribution in [0.25, 0.3) is 0 Å². The van der Waals surface area contributed by atoms with Crippen LogP contribution in [0.2, 0.25) is 0 Å². The number of nitrogens with one attached hydrogen (secondary N) is 2. The summed E-state index contributed by atoms with van der Waals surface area (Å²) in [5.41, 5.74) is 0.909. The first-order chi connectivity index (χ1) is 7.24. The van der Waals surface area contributed by atoms with E-state index in [1.54, 1.807) is 0 Å². The maximum atomic E-state index is 11.4. The van der Waals surface area contributed by atoms with Crippen LogP contribution in [0.15, 0.2) is 22.9 Å². The molecule has 0 atom stereocenters. The lowest BCUT2D eigenvalue weighted by Gasteiger charge is -2.01. The number of aromatic nitrogens is 1. The topological polar surface area (TPSA) is 54.0 Å². The SMILES string of the molecule is Cc1csc(NC(=O)Nc2cccs2)n1. The van der Waals surface area contributed by atoms with Crippen LogP contribution < -0.4 is 10.6 Å². The largest absolute Gasteiger partial charge is 0.326 e. The summed E-state index contributed by atoms with van der Waals surface area (Å²) in [6.45, 7) is 1.89. The molecule has 2 aromatic heterocycles. The summed E-state index contributed by atoms with van der Waals surface area (Å²) in [5.74, 6) is 0. The molecule has 78 valence electrons. The van der Waals surface area contributed by atoms with E-state index in [2.05, 4.69) is 15.6 Å². The summed E-state index contributed by atoms with van der Waals surface area (Å²) >= 11 is 2.89. The summed E-state index contributed by atoms with van der Waals surface area (Å²) in [6, 6.07) is 3.47. The van der Waals surface area contributed by atoms with Gasteiger partial charge in [0.1, 0.15) is 0 Å². The second-order valence-corrected chi connectivity index (χ2v) is 4.66. The number of carbonyl (C=O) groups excluding carboxylic acids is 1. The molecule has 15 heavy (non-hydrogen) atoms. The maximum Gasteiger partial charge on any atom is 0.326 e. The Morgan fingerprint density at radius 2 is 2.27 bits per heavy atom. The van der Waals surface area contributed by atoms with Gasteiger partial charge in [0.25, 0.3) is 0 Å². The number of thiophene rings is 1. The van der Waals surface area contributed by atoms with Crippen LogP contribution in [-0.2, 0) is 0 Å². The average Bonchev–Trinajstić information content (AvgIpc) is 2.77. The number of hydrogen-bond donors (Lipinski definition) is 2. The highest BCUT2D eigenvalue weighted by Crippen LogP contribution is 2.17. The minimum atomic E-state index is -0.258. The van der Waals surface area contributed by atoms with Gasteiger partial charge in [0.15, 0.2) is 5.13 Å². The number of thiazole rings is 1. The highest BCUT2D eigenvalue weighted by molar-refractivity contribution is 7.14. The molecule has 2 heterocycles. The van der Waals surface area contributed by atoms with Gasteiger partial charge in [-0.15, -0.1) is 22.7 Å². The Morgan fingerprint density at radius 3 is 2.87 bits per heavy atom. The zero-order valence-electron chi connectivity index (χ0n) is 7.98. The van der Waals surface area contributed by atoms with E-state index in [1.165, 1.54) is 22.7 Å².